The maximum atomic E-state index is 5.93. The Morgan fingerprint density at radius 3 is 2.47 bits per heavy atom. The molecule has 1 aromatic heterocycles. The molecule has 1 aliphatic carbocycles. The normalized spacial score (nSPS) is 19.3. The quantitative estimate of drug-likeness (QED) is 0.842. The van der Waals surface area contributed by atoms with Crippen LogP contribution in [0.5, 0.6) is 0 Å². The third-order valence-electron chi connectivity index (χ3n) is 3.41. The number of nitrogens with two attached hydrogens (primary N) is 1. The van der Waals surface area contributed by atoms with E-state index in [1.54, 1.807) is 0 Å². The number of hydrogen-bond acceptors (Lipinski definition) is 2. The van der Waals surface area contributed by atoms with E-state index in [0.717, 1.165) is 6.54 Å². The summed E-state index contributed by atoms with van der Waals surface area (Å²) in [6.45, 7) is 0.740. The molecule has 0 saturated heterocycles. The number of pyridine rings is 1. The molecule has 0 aliphatic heterocycles. The molecule has 0 radical (unpaired) electrons. The van der Waals surface area contributed by atoms with E-state index in [-0.39, 0.29) is 17.8 Å². The van der Waals surface area contributed by atoms with Crippen LogP contribution in [0, 0.1) is 0 Å². The molecule has 0 unspecified atom stereocenters. The van der Waals surface area contributed by atoms with Gasteiger partial charge in [0.2, 0.25) is 0 Å². The van der Waals surface area contributed by atoms with E-state index < -0.39 is 0 Å². The number of rotatable bonds is 2. The fourth-order valence-electron chi connectivity index (χ4n) is 2.47. The molecule has 0 aromatic carbocycles. The van der Waals surface area contributed by atoms with Crippen molar-refractivity contribution in [3.05, 3.63) is 30.1 Å². The molecule has 15 heavy (non-hydrogen) atoms. The molecule has 1 fully saturated rings. The average molecular weight is 227 g/mol. The highest BCUT2D eigenvalue weighted by Gasteiger charge is 2.33. The van der Waals surface area contributed by atoms with Gasteiger partial charge in [-0.15, -0.1) is 12.4 Å². The van der Waals surface area contributed by atoms with Crippen LogP contribution in [-0.4, -0.2) is 11.5 Å². The van der Waals surface area contributed by atoms with Gasteiger partial charge in [0.05, 0.1) is 0 Å². The minimum absolute atomic E-state index is 0. The molecule has 1 heterocycles. The van der Waals surface area contributed by atoms with Gasteiger partial charge in [-0.3, -0.25) is 4.98 Å². The van der Waals surface area contributed by atoms with Gasteiger partial charge in [-0.2, -0.15) is 0 Å². The summed E-state index contributed by atoms with van der Waals surface area (Å²) in [4.78, 5) is 4.47. The van der Waals surface area contributed by atoms with Crippen LogP contribution in [0.3, 0.4) is 0 Å². The zero-order valence-corrected chi connectivity index (χ0v) is 9.80. The van der Waals surface area contributed by atoms with Crippen LogP contribution in [0.1, 0.15) is 37.8 Å². The Hall–Kier alpha value is -0.600. The van der Waals surface area contributed by atoms with E-state index >= 15 is 0 Å². The molecular weight excluding hydrogens is 208 g/mol. The van der Waals surface area contributed by atoms with E-state index in [1.807, 2.05) is 12.3 Å². The lowest BCUT2D eigenvalue weighted by molar-refractivity contribution is 0.293. The molecule has 2 rings (SSSR count). The largest absolute Gasteiger partial charge is 0.330 e. The lowest BCUT2D eigenvalue weighted by Crippen LogP contribution is -2.37. The van der Waals surface area contributed by atoms with Crippen molar-refractivity contribution in [1.82, 2.24) is 4.98 Å². The molecule has 0 atom stereocenters. The van der Waals surface area contributed by atoms with Crippen molar-refractivity contribution in [2.24, 2.45) is 5.73 Å². The zero-order valence-electron chi connectivity index (χ0n) is 8.98. The number of hydrogen-bond donors (Lipinski definition) is 1. The summed E-state index contributed by atoms with van der Waals surface area (Å²) in [5.41, 5.74) is 7.31. The standard InChI is InChI=1S/C12H18N2.ClH/c13-10-12(7-3-1-4-8-12)11-6-2-5-9-14-11;/h2,5-6,9H,1,3-4,7-8,10,13H2;1H. The van der Waals surface area contributed by atoms with Gasteiger partial charge in [0, 0.05) is 23.9 Å². The van der Waals surface area contributed by atoms with Gasteiger partial charge in [0.15, 0.2) is 0 Å². The van der Waals surface area contributed by atoms with Crippen LogP contribution < -0.4 is 5.73 Å². The molecule has 2 N–H and O–H groups in total. The second-order valence-electron chi connectivity index (χ2n) is 4.26. The van der Waals surface area contributed by atoms with Gasteiger partial charge in [0.1, 0.15) is 0 Å². The molecule has 0 spiro atoms. The molecule has 2 nitrogen and oxygen atoms in total. The van der Waals surface area contributed by atoms with Gasteiger partial charge in [0.25, 0.3) is 0 Å². The Bertz CT molecular complexity index is 281. The van der Waals surface area contributed by atoms with E-state index in [0.29, 0.717) is 0 Å². The van der Waals surface area contributed by atoms with Crippen LogP contribution in [0.4, 0.5) is 0 Å². The summed E-state index contributed by atoms with van der Waals surface area (Å²) >= 11 is 0. The van der Waals surface area contributed by atoms with Crippen molar-refractivity contribution < 1.29 is 0 Å². The van der Waals surface area contributed by atoms with Crippen LogP contribution in [0.15, 0.2) is 24.4 Å². The first kappa shape index (κ1) is 12.5. The highest BCUT2D eigenvalue weighted by atomic mass is 35.5. The molecule has 3 heteroatoms. The van der Waals surface area contributed by atoms with Crippen molar-refractivity contribution in [2.45, 2.75) is 37.5 Å². The summed E-state index contributed by atoms with van der Waals surface area (Å²) in [5.74, 6) is 0. The monoisotopic (exact) mass is 226 g/mol. The third kappa shape index (κ3) is 2.50. The minimum Gasteiger partial charge on any atom is -0.330 e. The van der Waals surface area contributed by atoms with Gasteiger partial charge >= 0.3 is 0 Å². The van der Waals surface area contributed by atoms with Crippen LogP contribution in [-0.2, 0) is 5.41 Å². The lowest BCUT2D eigenvalue weighted by Gasteiger charge is -2.35. The van der Waals surface area contributed by atoms with Crippen LogP contribution in [0.2, 0.25) is 0 Å². The molecule has 0 bridgehead atoms. The summed E-state index contributed by atoms with van der Waals surface area (Å²) < 4.78 is 0. The maximum absolute atomic E-state index is 5.93. The summed E-state index contributed by atoms with van der Waals surface area (Å²) in [6, 6.07) is 6.16. The number of nitrogens with zero attached hydrogens (tertiary/aromatic N) is 1. The fraction of sp³-hybridized carbons (Fsp3) is 0.583. The van der Waals surface area contributed by atoms with Crippen LogP contribution >= 0.6 is 12.4 Å². The highest BCUT2D eigenvalue weighted by molar-refractivity contribution is 5.85. The van der Waals surface area contributed by atoms with Crippen molar-refractivity contribution in [3.8, 4) is 0 Å². The first-order chi connectivity index (χ1) is 6.87. The van der Waals surface area contributed by atoms with E-state index in [1.165, 1.54) is 37.8 Å². The summed E-state index contributed by atoms with van der Waals surface area (Å²) in [6.07, 6.45) is 8.25. The number of halogens is 1. The summed E-state index contributed by atoms with van der Waals surface area (Å²) in [5, 5.41) is 0. The van der Waals surface area contributed by atoms with Crippen molar-refractivity contribution in [2.75, 3.05) is 6.54 Å². The van der Waals surface area contributed by atoms with Gasteiger partial charge in [-0.05, 0) is 25.0 Å². The van der Waals surface area contributed by atoms with Crippen molar-refractivity contribution >= 4 is 12.4 Å². The van der Waals surface area contributed by atoms with Gasteiger partial charge < -0.3 is 5.73 Å². The van der Waals surface area contributed by atoms with E-state index in [4.69, 9.17) is 5.73 Å². The molecular formula is C12H19ClN2. The van der Waals surface area contributed by atoms with E-state index in [9.17, 15) is 0 Å². The van der Waals surface area contributed by atoms with Crippen LogP contribution in [0.25, 0.3) is 0 Å². The second-order valence-corrected chi connectivity index (χ2v) is 4.26. The lowest BCUT2D eigenvalue weighted by atomic mass is 9.71. The fourth-order valence-corrected chi connectivity index (χ4v) is 2.47. The highest BCUT2D eigenvalue weighted by Crippen LogP contribution is 2.37. The Balaban J connectivity index is 0.00000112. The van der Waals surface area contributed by atoms with E-state index in [2.05, 4.69) is 17.1 Å². The number of aromatic nitrogens is 1. The zero-order chi connectivity index (χ0) is 9.86. The molecule has 0 amide bonds. The predicted molar refractivity (Wildman–Crippen MR) is 65.3 cm³/mol. The molecule has 1 aliphatic rings. The van der Waals surface area contributed by atoms with Gasteiger partial charge in [-0.1, -0.05) is 25.3 Å². The maximum Gasteiger partial charge on any atom is 0.0477 e. The Kier molecular flexibility index (Phi) is 4.55. The molecule has 1 saturated carbocycles. The Morgan fingerprint density at radius 1 is 1.20 bits per heavy atom. The summed E-state index contributed by atoms with van der Waals surface area (Å²) in [7, 11) is 0. The van der Waals surface area contributed by atoms with Gasteiger partial charge in [-0.25, -0.2) is 0 Å². The third-order valence-corrected chi connectivity index (χ3v) is 3.41. The Morgan fingerprint density at radius 2 is 1.93 bits per heavy atom. The molecule has 1 aromatic rings. The SMILES string of the molecule is Cl.NCC1(c2ccccn2)CCCCC1. The Labute approximate surface area is 97.7 Å². The smallest absolute Gasteiger partial charge is 0.0477 e. The first-order valence-electron chi connectivity index (χ1n) is 5.49. The van der Waals surface area contributed by atoms with Crippen molar-refractivity contribution in [3.63, 3.8) is 0 Å². The van der Waals surface area contributed by atoms with Crippen molar-refractivity contribution in [1.29, 1.82) is 0 Å². The average Bonchev–Trinajstić information content (AvgIpc) is 2.31. The minimum atomic E-state index is 0. The first-order valence-corrected chi connectivity index (χ1v) is 5.49. The predicted octanol–water partition coefficient (Wildman–Crippen LogP) is 2.66. The topological polar surface area (TPSA) is 38.9 Å². The second kappa shape index (κ2) is 5.47. The molecule has 84 valence electrons.